The largest absolute Gasteiger partial charge is 0.337 e. The van der Waals surface area contributed by atoms with E-state index in [0.29, 0.717) is 5.92 Å². The first-order valence-corrected chi connectivity index (χ1v) is 10.3. The van der Waals surface area contributed by atoms with E-state index in [9.17, 15) is 4.79 Å². The van der Waals surface area contributed by atoms with Crippen molar-refractivity contribution in [2.45, 2.75) is 26.3 Å². The van der Waals surface area contributed by atoms with Crippen LogP contribution in [-0.2, 0) is 11.3 Å². The number of amides is 1. The van der Waals surface area contributed by atoms with Gasteiger partial charge in [0.25, 0.3) is 0 Å². The van der Waals surface area contributed by atoms with Crippen LogP contribution in [0.25, 0.3) is 6.08 Å². The third-order valence-corrected chi connectivity index (χ3v) is 5.55. The van der Waals surface area contributed by atoms with Crippen LogP contribution in [0.5, 0.6) is 0 Å². The molecule has 0 unspecified atom stereocenters. The quantitative estimate of drug-likeness (QED) is 0.632. The number of halogens is 1. The summed E-state index contributed by atoms with van der Waals surface area (Å²) in [6, 6.07) is 16.9. The van der Waals surface area contributed by atoms with E-state index in [1.54, 1.807) is 6.08 Å². The molecule has 3 nitrogen and oxygen atoms in total. The normalized spacial score (nSPS) is 15.6. The summed E-state index contributed by atoms with van der Waals surface area (Å²) in [5, 5.41) is 0. The molecule has 0 saturated carbocycles. The van der Waals surface area contributed by atoms with Crippen LogP contribution in [0.3, 0.4) is 0 Å². The van der Waals surface area contributed by atoms with Gasteiger partial charge in [0.1, 0.15) is 0 Å². The summed E-state index contributed by atoms with van der Waals surface area (Å²) in [5.41, 5.74) is 3.76. The summed E-state index contributed by atoms with van der Waals surface area (Å²) >= 11 is 3.42. The summed E-state index contributed by atoms with van der Waals surface area (Å²) in [5.74, 6) is 0.665. The van der Waals surface area contributed by atoms with E-state index >= 15 is 0 Å². The fourth-order valence-corrected chi connectivity index (χ4v) is 3.50. The highest BCUT2D eigenvalue weighted by Crippen LogP contribution is 2.16. The molecule has 2 aromatic carbocycles. The maximum Gasteiger partial charge on any atom is 0.246 e. The number of piperazine rings is 1. The maximum atomic E-state index is 12.4. The molecule has 1 heterocycles. The van der Waals surface area contributed by atoms with Gasteiger partial charge in [-0.15, -0.1) is 0 Å². The number of nitrogens with zero attached hydrogens (tertiary/aromatic N) is 2. The summed E-state index contributed by atoms with van der Waals surface area (Å²) in [4.78, 5) is 16.8. The molecule has 0 aliphatic carbocycles. The Hall–Kier alpha value is -1.91. The molecule has 2 aromatic rings. The standard InChI is InChI=1S/C23H27BrN2O/c1-18(2)21-8-3-20(4-9-21)17-25-13-15-26(16-14-25)23(27)12-7-19-5-10-22(24)11-6-19/h3-12,18H,13-17H2,1-2H3/b12-7+. The minimum Gasteiger partial charge on any atom is -0.337 e. The predicted octanol–water partition coefficient (Wildman–Crippen LogP) is 4.93. The lowest BCUT2D eigenvalue weighted by Gasteiger charge is -2.34. The molecule has 27 heavy (non-hydrogen) atoms. The molecular weight excluding hydrogens is 400 g/mol. The average molecular weight is 427 g/mol. The van der Waals surface area contributed by atoms with E-state index in [1.165, 1.54) is 11.1 Å². The second kappa shape index (κ2) is 9.34. The third-order valence-electron chi connectivity index (χ3n) is 5.02. The second-order valence-electron chi connectivity index (χ2n) is 7.38. The molecule has 3 rings (SSSR count). The Morgan fingerprint density at radius 2 is 1.63 bits per heavy atom. The van der Waals surface area contributed by atoms with Crippen LogP contribution >= 0.6 is 15.9 Å². The van der Waals surface area contributed by atoms with Gasteiger partial charge < -0.3 is 4.90 Å². The van der Waals surface area contributed by atoms with Gasteiger partial charge in [0.2, 0.25) is 5.91 Å². The fraction of sp³-hybridized carbons (Fsp3) is 0.348. The molecule has 1 amide bonds. The highest BCUT2D eigenvalue weighted by molar-refractivity contribution is 9.10. The van der Waals surface area contributed by atoms with Crippen molar-refractivity contribution in [3.05, 3.63) is 75.8 Å². The lowest BCUT2D eigenvalue weighted by Crippen LogP contribution is -2.47. The van der Waals surface area contributed by atoms with Crippen molar-refractivity contribution in [1.82, 2.24) is 9.80 Å². The van der Waals surface area contributed by atoms with Crippen molar-refractivity contribution in [2.24, 2.45) is 0 Å². The molecule has 142 valence electrons. The first-order valence-electron chi connectivity index (χ1n) is 9.55. The van der Waals surface area contributed by atoms with Gasteiger partial charge in [0.05, 0.1) is 0 Å². The van der Waals surface area contributed by atoms with Crippen LogP contribution in [0.1, 0.15) is 36.5 Å². The van der Waals surface area contributed by atoms with Gasteiger partial charge in [-0.25, -0.2) is 0 Å². The Morgan fingerprint density at radius 3 is 2.22 bits per heavy atom. The van der Waals surface area contributed by atoms with E-state index in [2.05, 4.69) is 58.9 Å². The van der Waals surface area contributed by atoms with Crippen LogP contribution < -0.4 is 0 Å². The molecule has 1 fully saturated rings. The van der Waals surface area contributed by atoms with Crippen LogP contribution in [0.4, 0.5) is 0 Å². The minimum absolute atomic E-state index is 0.0962. The monoisotopic (exact) mass is 426 g/mol. The molecule has 4 heteroatoms. The lowest BCUT2D eigenvalue weighted by molar-refractivity contribution is -0.127. The van der Waals surface area contributed by atoms with E-state index in [-0.39, 0.29) is 5.91 Å². The molecular formula is C23H27BrN2O. The number of benzene rings is 2. The van der Waals surface area contributed by atoms with Crippen molar-refractivity contribution in [2.75, 3.05) is 26.2 Å². The van der Waals surface area contributed by atoms with E-state index < -0.39 is 0 Å². The Labute approximate surface area is 170 Å². The number of carbonyl (C=O) groups excluding carboxylic acids is 1. The SMILES string of the molecule is CC(C)c1ccc(CN2CCN(C(=O)/C=C/c3ccc(Br)cc3)CC2)cc1. The van der Waals surface area contributed by atoms with Gasteiger partial charge in [-0.3, -0.25) is 9.69 Å². The Bertz CT molecular complexity index is 773. The van der Waals surface area contributed by atoms with Crippen LogP contribution in [0, 0.1) is 0 Å². The lowest BCUT2D eigenvalue weighted by atomic mass is 10.0. The van der Waals surface area contributed by atoms with Gasteiger partial charge in [0, 0.05) is 43.3 Å². The summed E-state index contributed by atoms with van der Waals surface area (Å²) in [6.45, 7) is 8.80. The smallest absolute Gasteiger partial charge is 0.246 e. The second-order valence-corrected chi connectivity index (χ2v) is 8.30. The predicted molar refractivity (Wildman–Crippen MR) is 116 cm³/mol. The molecule has 0 atom stereocenters. The Morgan fingerprint density at radius 1 is 1.00 bits per heavy atom. The zero-order valence-corrected chi connectivity index (χ0v) is 17.7. The molecule has 1 saturated heterocycles. The number of carbonyl (C=O) groups is 1. The van der Waals surface area contributed by atoms with Crippen molar-refractivity contribution in [3.8, 4) is 0 Å². The van der Waals surface area contributed by atoms with Crippen molar-refractivity contribution in [3.63, 3.8) is 0 Å². The van der Waals surface area contributed by atoms with Gasteiger partial charge in [-0.2, -0.15) is 0 Å². The Kier molecular flexibility index (Phi) is 6.86. The third kappa shape index (κ3) is 5.78. The molecule has 0 aromatic heterocycles. The van der Waals surface area contributed by atoms with E-state index in [1.807, 2.05) is 35.2 Å². The van der Waals surface area contributed by atoms with Crippen LogP contribution in [0.2, 0.25) is 0 Å². The summed E-state index contributed by atoms with van der Waals surface area (Å²) in [7, 11) is 0. The molecule has 1 aliphatic heterocycles. The zero-order chi connectivity index (χ0) is 19.2. The van der Waals surface area contributed by atoms with Crippen LogP contribution in [0.15, 0.2) is 59.1 Å². The molecule has 0 bridgehead atoms. The molecule has 0 N–H and O–H groups in total. The van der Waals surface area contributed by atoms with Gasteiger partial charge in [-0.1, -0.05) is 66.2 Å². The minimum atomic E-state index is 0.0962. The first-order chi connectivity index (χ1) is 13.0. The van der Waals surface area contributed by atoms with Crippen molar-refractivity contribution < 1.29 is 4.79 Å². The van der Waals surface area contributed by atoms with Gasteiger partial charge >= 0.3 is 0 Å². The topological polar surface area (TPSA) is 23.6 Å². The summed E-state index contributed by atoms with van der Waals surface area (Å²) in [6.07, 6.45) is 3.57. The van der Waals surface area contributed by atoms with Crippen LogP contribution in [-0.4, -0.2) is 41.9 Å². The number of hydrogen-bond acceptors (Lipinski definition) is 2. The maximum absolute atomic E-state index is 12.4. The average Bonchev–Trinajstić information content (AvgIpc) is 2.68. The molecule has 0 spiro atoms. The number of hydrogen-bond donors (Lipinski definition) is 0. The van der Waals surface area contributed by atoms with Crippen molar-refractivity contribution in [1.29, 1.82) is 0 Å². The van der Waals surface area contributed by atoms with Gasteiger partial charge in [-0.05, 0) is 40.8 Å². The fourth-order valence-electron chi connectivity index (χ4n) is 3.24. The van der Waals surface area contributed by atoms with E-state index in [4.69, 9.17) is 0 Å². The number of rotatable bonds is 5. The summed E-state index contributed by atoms with van der Waals surface area (Å²) < 4.78 is 1.04. The highest BCUT2D eigenvalue weighted by Gasteiger charge is 2.19. The van der Waals surface area contributed by atoms with Gasteiger partial charge in [0.15, 0.2) is 0 Å². The Balaban J connectivity index is 1.48. The van der Waals surface area contributed by atoms with Crippen molar-refractivity contribution >= 4 is 27.9 Å². The molecule has 0 radical (unpaired) electrons. The first kappa shape index (κ1) is 19.8. The molecule has 1 aliphatic rings. The highest BCUT2D eigenvalue weighted by atomic mass is 79.9. The van der Waals surface area contributed by atoms with E-state index in [0.717, 1.165) is 42.8 Å². The zero-order valence-electron chi connectivity index (χ0n) is 16.1.